The monoisotopic (exact) mass is 410 g/mol. The Morgan fingerprint density at radius 1 is 1.20 bits per heavy atom. The van der Waals surface area contributed by atoms with Crippen molar-refractivity contribution in [1.82, 2.24) is 10.2 Å². The van der Waals surface area contributed by atoms with Crippen LogP contribution in [0, 0.1) is 5.92 Å². The second-order valence-electron chi connectivity index (χ2n) is 8.81. The fraction of sp³-hybridized carbons (Fsp3) is 0.560. The van der Waals surface area contributed by atoms with Crippen LogP contribution in [0.1, 0.15) is 67.3 Å². The first-order valence-corrected chi connectivity index (χ1v) is 11.3. The molecule has 162 valence electrons. The van der Waals surface area contributed by atoms with E-state index < -0.39 is 0 Å². The lowest BCUT2D eigenvalue weighted by Gasteiger charge is -2.44. The molecule has 1 aliphatic heterocycles. The first-order valence-electron chi connectivity index (χ1n) is 11.3. The number of carbonyl (C=O) groups is 1. The average molecular weight is 411 g/mol. The molecule has 2 aromatic rings. The molecule has 2 heterocycles. The van der Waals surface area contributed by atoms with E-state index in [0.29, 0.717) is 5.76 Å². The topological polar surface area (TPSA) is 54.7 Å². The van der Waals surface area contributed by atoms with E-state index >= 15 is 0 Å². The summed E-state index contributed by atoms with van der Waals surface area (Å²) >= 11 is 0. The molecule has 0 radical (unpaired) electrons. The minimum Gasteiger partial charge on any atom is -0.459 e. The molecule has 2 atom stereocenters. The van der Waals surface area contributed by atoms with Crippen LogP contribution in [0.3, 0.4) is 0 Å². The molecule has 2 aliphatic rings. The molecule has 1 saturated heterocycles. The number of ether oxygens (including phenoxy) is 1. The predicted octanol–water partition coefficient (Wildman–Crippen LogP) is 4.55. The Labute approximate surface area is 179 Å². The Morgan fingerprint density at radius 3 is 2.57 bits per heavy atom. The van der Waals surface area contributed by atoms with Gasteiger partial charge in [0.25, 0.3) is 5.91 Å². The number of hydrogen-bond donors (Lipinski definition) is 1. The Kier molecular flexibility index (Phi) is 6.30. The Bertz CT molecular complexity index is 836. The summed E-state index contributed by atoms with van der Waals surface area (Å²) in [4.78, 5) is 15.4. The number of fused-ring (bicyclic) bond motifs is 2. The van der Waals surface area contributed by atoms with Gasteiger partial charge < -0.3 is 19.4 Å². The van der Waals surface area contributed by atoms with Gasteiger partial charge in [-0.1, -0.05) is 51.0 Å². The number of likely N-dealkylation sites (tertiary alicyclic amines) is 1. The lowest BCUT2D eigenvalue weighted by atomic mass is 9.71. The van der Waals surface area contributed by atoms with E-state index in [-0.39, 0.29) is 23.5 Å². The largest absolute Gasteiger partial charge is 0.459 e. The summed E-state index contributed by atoms with van der Waals surface area (Å²) in [5.41, 5.74) is 2.46. The molecule has 1 aromatic carbocycles. The zero-order chi connectivity index (χ0) is 21.1. The van der Waals surface area contributed by atoms with Gasteiger partial charge in [0.15, 0.2) is 5.76 Å². The van der Waals surface area contributed by atoms with Crippen LogP contribution in [0.25, 0.3) is 0 Å². The maximum absolute atomic E-state index is 12.8. The summed E-state index contributed by atoms with van der Waals surface area (Å²) in [6, 6.07) is 11.8. The lowest BCUT2D eigenvalue weighted by Crippen LogP contribution is -2.51. The quantitative estimate of drug-likeness (QED) is 0.728. The van der Waals surface area contributed by atoms with Crippen LogP contribution in [0.2, 0.25) is 0 Å². The molecule has 5 heteroatoms. The number of methoxy groups -OCH3 is 1. The maximum Gasteiger partial charge on any atom is 0.287 e. The van der Waals surface area contributed by atoms with Gasteiger partial charge in [-0.3, -0.25) is 4.79 Å². The summed E-state index contributed by atoms with van der Waals surface area (Å²) in [7, 11) is 1.78. The van der Waals surface area contributed by atoms with E-state index in [9.17, 15) is 4.79 Å². The van der Waals surface area contributed by atoms with E-state index in [2.05, 4.69) is 48.3 Å². The van der Waals surface area contributed by atoms with Crippen molar-refractivity contribution >= 4 is 5.91 Å². The van der Waals surface area contributed by atoms with Crippen molar-refractivity contribution in [2.75, 3.05) is 26.7 Å². The zero-order valence-corrected chi connectivity index (χ0v) is 18.4. The van der Waals surface area contributed by atoms with E-state index in [0.717, 1.165) is 31.8 Å². The zero-order valence-electron chi connectivity index (χ0n) is 18.4. The van der Waals surface area contributed by atoms with Crippen molar-refractivity contribution in [2.24, 2.45) is 5.92 Å². The van der Waals surface area contributed by atoms with Gasteiger partial charge in [-0.15, -0.1) is 0 Å². The van der Waals surface area contributed by atoms with Gasteiger partial charge in [-0.2, -0.15) is 0 Å². The third kappa shape index (κ3) is 3.69. The molecule has 0 bridgehead atoms. The number of amides is 1. The second kappa shape index (κ2) is 8.94. The summed E-state index contributed by atoms with van der Waals surface area (Å²) < 4.78 is 11.4. The molecule has 1 amide bonds. The van der Waals surface area contributed by atoms with Crippen LogP contribution >= 0.6 is 0 Å². The van der Waals surface area contributed by atoms with Gasteiger partial charge in [0.05, 0.1) is 18.4 Å². The first kappa shape index (κ1) is 21.1. The van der Waals surface area contributed by atoms with Crippen LogP contribution in [-0.4, -0.2) is 43.7 Å². The average Bonchev–Trinajstić information content (AvgIpc) is 3.40. The number of nitrogens with zero attached hydrogens (tertiary/aromatic N) is 1. The second-order valence-corrected chi connectivity index (χ2v) is 8.81. The number of furan rings is 1. The molecule has 1 aliphatic carbocycles. The van der Waals surface area contributed by atoms with Gasteiger partial charge in [0.2, 0.25) is 0 Å². The summed E-state index contributed by atoms with van der Waals surface area (Å²) in [5, 5.41) is 3.20. The molecule has 30 heavy (non-hydrogen) atoms. The van der Waals surface area contributed by atoms with E-state index in [1.807, 2.05) is 0 Å². The lowest BCUT2D eigenvalue weighted by molar-refractivity contribution is -0.0132. The molecule has 0 unspecified atom stereocenters. The van der Waals surface area contributed by atoms with E-state index in [4.69, 9.17) is 9.15 Å². The number of piperidine rings is 1. The van der Waals surface area contributed by atoms with Gasteiger partial charge in [0, 0.05) is 19.1 Å². The molecular weight excluding hydrogens is 376 g/mol. The fourth-order valence-corrected chi connectivity index (χ4v) is 5.59. The van der Waals surface area contributed by atoms with E-state index in [1.54, 1.807) is 19.2 Å². The third-order valence-electron chi connectivity index (χ3n) is 7.38. The van der Waals surface area contributed by atoms with Crippen molar-refractivity contribution in [3.63, 3.8) is 0 Å². The number of rotatable bonds is 7. The van der Waals surface area contributed by atoms with Crippen LogP contribution in [0.4, 0.5) is 0 Å². The molecule has 1 N–H and O–H groups in total. The summed E-state index contributed by atoms with van der Waals surface area (Å²) in [6.45, 7) is 7.91. The minimum atomic E-state index is -0.190. The van der Waals surface area contributed by atoms with Crippen molar-refractivity contribution in [1.29, 1.82) is 0 Å². The molecule has 5 nitrogen and oxygen atoms in total. The highest BCUT2D eigenvalue weighted by Crippen LogP contribution is 2.52. The van der Waals surface area contributed by atoms with Crippen LogP contribution in [-0.2, 0) is 10.2 Å². The predicted molar refractivity (Wildman–Crippen MR) is 118 cm³/mol. The van der Waals surface area contributed by atoms with Crippen molar-refractivity contribution in [3.05, 3.63) is 59.5 Å². The fourth-order valence-electron chi connectivity index (χ4n) is 5.59. The highest BCUT2D eigenvalue weighted by molar-refractivity contribution is 5.91. The van der Waals surface area contributed by atoms with Crippen molar-refractivity contribution in [2.45, 2.75) is 57.1 Å². The SMILES string of the molecule is CCC(CC)CN1CCC2(CC1)c1ccccc1[C@H](NC(=O)c1ccco1)[C@H]2OC. The number of carbonyl (C=O) groups excluding carboxylic acids is 1. The molecular formula is C25H34N2O3. The summed E-state index contributed by atoms with van der Waals surface area (Å²) in [5.74, 6) is 0.918. The Balaban J connectivity index is 1.57. The smallest absolute Gasteiger partial charge is 0.287 e. The summed E-state index contributed by atoms with van der Waals surface area (Å²) in [6.07, 6.45) is 6.03. The Hall–Kier alpha value is -2.11. The molecule has 1 aromatic heterocycles. The number of nitrogens with one attached hydrogen (secondary N) is 1. The molecule has 4 rings (SSSR count). The van der Waals surface area contributed by atoms with Gasteiger partial charge in [-0.25, -0.2) is 0 Å². The van der Waals surface area contributed by atoms with Crippen LogP contribution < -0.4 is 5.32 Å². The van der Waals surface area contributed by atoms with Gasteiger partial charge in [0.1, 0.15) is 0 Å². The Morgan fingerprint density at radius 2 is 1.93 bits per heavy atom. The number of benzene rings is 1. The maximum atomic E-state index is 12.8. The molecule has 1 fully saturated rings. The standard InChI is InChI=1S/C25H34N2O3/c1-4-18(5-2)17-27-14-12-25(13-15-27)20-10-7-6-9-19(20)22(23(25)29-3)26-24(28)21-11-8-16-30-21/h6-11,16,18,22-23H,4-5,12-15,17H2,1-3H3,(H,26,28)/t22-,23+/m0/s1. The van der Waals surface area contributed by atoms with Gasteiger partial charge >= 0.3 is 0 Å². The van der Waals surface area contributed by atoms with Gasteiger partial charge in [-0.05, 0) is 55.1 Å². The van der Waals surface area contributed by atoms with Crippen molar-refractivity contribution < 1.29 is 13.9 Å². The van der Waals surface area contributed by atoms with Crippen LogP contribution in [0.5, 0.6) is 0 Å². The molecule has 1 spiro atoms. The molecule has 0 saturated carbocycles. The normalized spacial score (nSPS) is 23.1. The highest BCUT2D eigenvalue weighted by atomic mass is 16.5. The minimum absolute atomic E-state index is 0.0587. The van der Waals surface area contributed by atoms with E-state index in [1.165, 1.54) is 36.8 Å². The number of hydrogen-bond acceptors (Lipinski definition) is 4. The van der Waals surface area contributed by atoms with Crippen molar-refractivity contribution in [3.8, 4) is 0 Å². The first-order chi connectivity index (χ1) is 14.6. The highest BCUT2D eigenvalue weighted by Gasteiger charge is 2.54. The third-order valence-corrected chi connectivity index (χ3v) is 7.38. The van der Waals surface area contributed by atoms with Crippen LogP contribution in [0.15, 0.2) is 47.1 Å².